The Kier molecular flexibility index (Phi) is 2.70. The van der Waals surface area contributed by atoms with E-state index >= 15 is 0 Å². The molecule has 0 heterocycles. The number of hydrogen-bond acceptors (Lipinski definition) is 2. The van der Waals surface area contributed by atoms with Crippen molar-refractivity contribution in [3.8, 4) is 0 Å². The standard InChI is InChI=1S/C3H4NO/c4-2-1-3-5/h1-4H/q+1. The first-order valence-electron chi connectivity index (χ1n) is 1.19. The van der Waals surface area contributed by atoms with Crippen LogP contribution in [0.25, 0.3) is 0 Å². The van der Waals surface area contributed by atoms with E-state index in [1.165, 1.54) is 0 Å². The quantitative estimate of drug-likeness (QED) is 0.278. The van der Waals surface area contributed by atoms with Crippen LogP contribution in [0.4, 0.5) is 0 Å². The van der Waals surface area contributed by atoms with Gasteiger partial charge in [-0.1, -0.05) is 0 Å². The van der Waals surface area contributed by atoms with Crippen molar-refractivity contribution in [2.24, 2.45) is 0 Å². The van der Waals surface area contributed by atoms with Crippen molar-refractivity contribution >= 4 is 12.5 Å². The van der Waals surface area contributed by atoms with E-state index in [0.717, 1.165) is 12.6 Å². The normalized spacial score (nSPS) is 5.60. The second-order valence-electron chi connectivity index (χ2n) is 0.495. The van der Waals surface area contributed by atoms with Crippen LogP contribution in [0.1, 0.15) is 0 Å². The van der Waals surface area contributed by atoms with Gasteiger partial charge in [0.25, 0.3) is 0 Å². The molecule has 0 spiro atoms. The van der Waals surface area contributed by atoms with Crippen molar-refractivity contribution in [3.63, 3.8) is 0 Å². The number of hydrogen-bond donors (Lipinski definition) is 1. The number of carbonyl (C=O) groups excluding carboxylic acids is 1. The van der Waals surface area contributed by atoms with Crippen LogP contribution in [0.5, 0.6) is 0 Å². The lowest BCUT2D eigenvalue weighted by Gasteiger charge is -1.42. The molecule has 0 atom stereocenters. The highest BCUT2D eigenvalue weighted by atomic mass is 16.1. The largest absolute Gasteiger partial charge is 0.301 e. The zero-order chi connectivity index (χ0) is 4.12. The molecule has 0 rings (SSSR count). The Morgan fingerprint density at radius 1 is 1.80 bits per heavy atom. The van der Waals surface area contributed by atoms with Gasteiger partial charge in [-0.25, -0.2) is 4.79 Å². The van der Waals surface area contributed by atoms with Gasteiger partial charge in [0.2, 0.25) is 0 Å². The number of aldehydes is 1. The van der Waals surface area contributed by atoms with E-state index in [-0.39, 0.29) is 0 Å². The molecule has 0 aromatic heterocycles. The van der Waals surface area contributed by atoms with Crippen molar-refractivity contribution in [1.82, 2.24) is 0 Å². The molecule has 0 saturated carbocycles. The van der Waals surface area contributed by atoms with Gasteiger partial charge in [-0.2, -0.15) is 0 Å². The third-order valence-corrected chi connectivity index (χ3v) is 0.175. The predicted molar refractivity (Wildman–Crippen MR) is 19.1 cm³/mol. The molecule has 0 radical (unpaired) electrons. The molecule has 2 nitrogen and oxygen atoms in total. The summed E-state index contributed by atoms with van der Waals surface area (Å²) in [6.07, 6.45) is 2.61. The summed E-state index contributed by atoms with van der Waals surface area (Å²) in [7, 11) is 0. The molecular weight excluding hydrogens is 66.0 g/mol. The Morgan fingerprint density at radius 2 is 2.40 bits per heavy atom. The zero-order valence-electron chi connectivity index (χ0n) is 2.64. The minimum Gasteiger partial charge on any atom is -0.267 e. The monoisotopic (exact) mass is 70.0 g/mol. The summed E-state index contributed by atoms with van der Waals surface area (Å²) in [5, 5.41) is 6.19. The minimum atomic E-state index is 0.562. The van der Waals surface area contributed by atoms with Crippen molar-refractivity contribution in [2.45, 2.75) is 0 Å². The summed E-state index contributed by atoms with van der Waals surface area (Å²) < 4.78 is 0. The average Bonchev–Trinajstić information content (AvgIpc) is 1.41. The van der Waals surface area contributed by atoms with Gasteiger partial charge in [0.1, 0.15) is 0 Å². The van der Waals surface area contributed by atoms with Crippen LogP contribution >= 0.6 is 0 Å². The van der Waals surface area contributed by atoms with Gasteiger partial charge in [-0.05, 0) is 0 Å². The van der Waals surface area contributed by atoms with E-state index in [1.807, 2.05) is 0 Å². The van der Waals surface area contributed by atoms with E-state index in [0.29, 0.717) is 6.29 Å². The van der Waals surface area contributed by atoms with Gasteiger partial charge in [-0.3, -0.25) is 5.41 Å². The van der Waals surface area contributed by atoms with Crippen LogP contribution in [-0.4, -0.2) is 12.5 Å². The van der Waals surface area contributed by atoms with Crippen LogP contribution in [0, 0.1) is 11.8 Å². The molecule has 1 N–H and O–H groups in total. The van der Waals surface area contributed by atoms with E-state index in [2.05, 4.69) is 0 Å². The fraction of sp³-hybridized carbons (Fsp3) is 0. The fourth-order valence-corrected chi connectivity index (χ4v) is 0.0393. The smallest absolute Gasteiger partial charge is 0.267 e. The molecule has 0 aliphatic rings. The van der Waals surface area contributed by atoms with E-state index in [4.69, 9.17) is 5.41 Å². The predicted octanol–water partition coefficient (Wildman–Crippen LogP) is 0.0392. The number of carbonyl (C=O) groups is 1. The van der Waals surface area contributed by atoms with Crippen LogP contribution in [0.2, 0.25) is 0 Å². The Labute approximate surface area is 30.3 Å². The highest BCUT2D eigenvalue weighted by molar-refractivity contribution is 5.87. The Balaban J connectivity index is 2.65. The molecule has 0 aromatic rings. The van der Waals surface area contributed by atoms with Crippen LogP contribution in [0.15, 0.2) is 0 Å². The fourth-order valence-electron chi connectivity index (χ4n) is 0.0393. The first kappa shape index (κ1) is 4.21. The maximum Gasteiger partial charge on any atom is 0.301 e. The second-order valence-corrected chi connectivity index (χ2v) is 0.495. The van der Waals surface area contributed by atoms with Gasteiger partial charge in [0.15, 0.2) is 12.6 Å². The van der Waals surface area contributed by atoms with Gasteiger partial charge < -0.3 is 0 Å². The van der Waals surface area contributed by atoms with Gasteiger partial charge in [-0.15, -0.1) is 0 Å². The molecule has 0 aliphatic heterocycles. The van der Waals surface area contributed by atoms with Gasteiger partial charge in [0.05, 0.1) is 0 Å². The Morgan fingerprint density at radius 3 is 2.40 bits per heavy atom. The summed E-state index contributed by atoms with van der Waals surface area (Å²) in [6, 6.07) is 0. The van der Waals surface area contributed by atoms with Crippen molar-refractivity contribution in [3.05, 3.63) is 6.42 Å². The number of nitrogens with one attached hydrogen (secondary N) is 1. The van der Waals surface area contributed by atoms with Gasteiger partial charge >= 0.3 is 6.29 Å². The summed E-state index contributed by atoms with van der Waals surface area (Å²) >= 11 is 0. The van der Waals surface area contributed by atoms with Crippen molar-refractivity contribution in [2.75, 3.05) is 0 Å². The lowest BCUT2D eigenvalue weighted by molar-refractivity contribution is -0.104. The molecule has 0 aliphatic carbocycles. The topological polar surface area (TPSA) is 40.9 Å². The summed E-state index contributed by atoms with van der Waals surface area (Å²) in [5.41, 5.74) is 0. The second kappa shape index (κ2) is 3.21. The summed E-state index contributed by atoms with van der Waals surface area (Å²) in [6.45, 7) is 0. The molecule has 5 heavy (non-hydrogen) atoms. The third-order valence-electron chi connectivity index (χ3n) is 0.175. The lowest BCUT2D eigenvalue weighted by atomic mass is 10.5. The molecule has 0 bridgehead atoms. The first-order chi connectivity index (χ1) is 2.41. The minimum absolute atomic E-state index is 0.562. The molecule has 0 fully saturated rings. The van der Waals surface area contributed by atoms with Crippen LogP contribution in [-0.2, 0) is 4.79 Å². The van der Waals surface area contributed by atoms with E-state index in [9.17, 15) is 4.79 Å². The summed E-state index contributed by atoms with van der Waals surface area (Å²) in [5.74, 6) is 0. The molecule has 26 valence electrons. The average molecular weight is 70.1 g/mol. The molecule has 2 heteroatoms. The molecule has 0 amide bonds. The SMILES string of the molecule is N=C[CH+]C=O. The van der Waals surface area contributed by atoms with Gasteiger partial charge in [0, 0.05) is 0 Å². The van der Waals surface area contributed by atoms with Crippen molar-refractivity contribution < 1.29 is 4.79 Å². The molecule has 0 aromatic carbocycles. The molecule has 0 unspecified atom stereocenters. The molecule has 0 saturated heterocycles. The maximum atomic E-state index is 9.20. The first-order valence-corrected chi connectivity index (χ1v) is 1.19. The zero-order valence-corrected chi connectivity index (χ0v) is 2.64. The lowest BCUT2D eigenvalue weighted by Crippen LogP contribution is -1.70. The number of rotatable bonds is 2. The van der Waals surface area contributed by atoms with Crippen LogP contribution < -0.4 is 0 Å². The third kappa shape index (κ3) is 3.21. The van der Waals surface area contributed by atoms with E-state index in [1.54, 1.807) is 0 Å². The van der Waals surface area contributed by atoms with Crippen molar-refractivity contribution in [1.29, 1.82) is 5.41 Å². The Hall–Kier alpha value is -0.790. The summed E-state index contributed by atoms with van der Waals surface area (Å²) in [4.78, 5) is 9.20. The van der Waals surface area contributed by atoms with E-state index < -0.39 is 0 Å². The highest BCUT2D eigenvalue weighted by Gasteiger charge is 1.77. The Bertz CT molecular complexity index is 36.2. The maximum absolute atomic E-state index is 9.20. The highest BCUT2D eigenvalue weighted by Crippen LogP contribution is 1.48. The molecular formula is C3H4NO+. The van der Waals surface area contributed by atoms with Crippen LogP contribution in [0.3, 0.4) is 0 Å².